The quantitative estimate of drug-likeness (QED) is 0.614. The summed E-state index contributed by atoms with van der Waals surface area (Å²) in [6, 6.07) is 14.6. The van der Waals surface area contributed by atoms with E-state index in [1.165, 1.54) is 6.07 Å². The molecule has 2 rings (SSSR count). The lowest BCUT2D eigenvalue weighted by molar-refractivity contribution is -0.123. The Morgan fingerprint density at radius 1 is 1.00 bits per heavy atom. The van der Waals surface area contributed by atoms with Gasteiger partial charge >= 0.3 is 5.97 Å². The number of amides is 2. The molecule has 26 heavy (non-hydrogen) atoms. The summed E-state index contributed by atoms with van der Waals surface area (Å²) >= 11 is 0. The predicted molar refractivity (Wildman–Crippen MR) is 95.4 cm³/mol. The molecule has 0 fully saturated rings. The molecule has 0 aliphatic rings. The van der Waals surface area contributed by atoms with Gasteiger partial charge in [-0.1, -0.05) is 12.1 Å². The lowest BCUT2D eigenvalue weighted by Gasteiger charge is -2.10. The Morgan fingerprint density at radius 3 is 2.31 bits per heavy atom. The lowest BCUT2D eigenvalue weighted by Crippen LogP contribution is -2.22. The highest BCUT2D eigenvalue weighted by Gasteiger charge is 2.16. The molecule has 0 saturated heterocycles. The fourth-order valence-corrected chi connectivity index (χ4v) is 2.15. The molecular formula is C19H17N3O4. The Bertz CT molecular complexity index is 854. The number of rotatable bonds is 6. The van der Waals surface area contributed by atoms with Crippen LogP contribution in [0.5, 0.6) is 0 Å². The largest absolute Gasteiger partial charge is 0.462 e. The number of carbonyl (C=O) groups excluding carboxylic acids is 3. The topological polar surface area (TPSA) is 108 Å². The van der Waals surface area contributed by atoms with Gasteiger partial charge in [-0.05, 0) is 43.3 Å². The molecule has 0 heterocycles. The monoisotopic (exact) mass is 351 g/mol. The summed E-state index contributed by atoms with van der Waals surface area (Å²) in [5.41, 5.74) is 1.45. The van der Waals surface area contributed by atoms with Crippen LogP contribution in [0.4, 0.5) is 11.4 Å². The van der Waals surface area contributed by atoms with E-state index in [0.717, 1.165) is 0 Å². The maximum Gasteiger partial charge on any atom is 0.340 e. The summed E-state index contributed by atoms with van der Waals surface area (Å²) in [7, 11) is 0. The van der Waals surface area contributed by atoms with E-state index in [-0.39, 0.29) is 17.9 Å². The van der Waals surface area contributed by atoms with E-state index in [4.69, 9.17) is 10.00 Å². The standard InChI is InChI=1S/C19H17N3O4/c1-2-26-19(25)15-5-3-4-6-16(15)22-18(24)11-17(23)21-14-9-7-13(12-20)8-10-14/h3-10H,2,11H2,1H3,(H,21,23)(H,22,24). The molecule has 2 N–H and O–H groups in total. The Morgan fingerprint density at radius 2 is 1.65 bits per heavy atom. The van der Waals surface area contributed by atoms with E-state index in [9.17, 15) is 14.4 Å². The van der Waals surface area contributed by atoms with Crippen molar-refractivity contribution in [2.45, 2.75) is 13.3 Å². The highest BCUT2D eigenvalue weighted by atomic mass is 16.5. The summed E-state index contributed by atoms with van der Waals surface area (Å²) < 4.78 is 4.94. The Kier molecular flexibility index (Phi) is 6.46. The van der Waals surface area contributed by atoms with Crippen LogP contribution in [-0.2, 0) is 14.3 Å². The lowest BCUT2D eigenvalue weighted by atomic mass is 10.1. The van der Waals surface area contributed by atoms with Gasteiger partial charge in [0.1, 0.15) is 6.42 Å². The molecule has 0 bridgehead atoms. The smallest absolute Gasteiger partial charge is 0.340 e. The number of esters is 1. The van der Waals surface area contributed by atoms with Crippen molar-refractivity contribution >= 4 is 29.2 Å². The van der Waals surface area contributed by atoms with Crippen molar-refractivity contribution in [1.82, 2.24) is 0 Å². The fraction of sp³-hybridized carbons (Fsp3) is 0.158. The number of benzene rings is 2. The number of para-hydroxylation sites is 1. The molecule has 2 aromatic rings. The van der Waals surface area contributed by atoms with Crippen molar-refractivity contribution in [3.8, 4) is 6.07 Å². The predicted octanol–water partition coefficient (Wildman–Crippen LogP) is 2.70. The molecular weight excluding hydrogens is 334 g/mol. The van der Waals surface area contributed by atoms with Crippen molar-refractivity contribution in [1.29, 1.82) is 5.26 Å². The summed E-state index contributed by atoms with van der Waals surface area (Å²) in [4.78, 5) is 35.9. The molecule has 2 amide bonds. The van der Waals surface area contributed by atoms with Gasteiger partial charge in [-0.2, -0.15) is 5.26 Å². The fourth-order valence-electron chi connectivity index (χ4n) is 2.15. The number of nitrogens with zero attached hydrogens (tertiary/aromatic N) is 1. The first-order valence-corrected chi connectivity index (χ1v) is 7.89. The van der Waals surface area contributed by atoms with Crippen LogP contribution in [0.1, 0.15) is 29.3 Å². The van der Waals surface area contributed by atoms with E-state index in [0.29, 0.717) is 11.3 Å². The highest BCUT2D eigenvalue weighted by Crippen LogP contribution is 2.17. The van der Waals surface area contributed by atoms with Crippen LogP contribution in [0.2, 0.25) is 0 Å². The molecule has 0 aliphatic carbocycles. The van der Waals surface area contributed by atoms with Crippen LogP contribution in [0, 0.1) is 11.3 Å². The zero-order valence-corrected chi connectivity index (χ0v) is 14.1. The van der Waals surface area contributed by atoms with Crippen LogP contribution < -0.4 is 10.6 Å². The zero-order valence-electron chi connectivity index (χ0n) is 14.1. The second kappa shape index (κ2) is 8.99. The van der Waals surface area contributed by atoms with Gasteiger partial charge in [0, 0.05) is 5.69 Å². The van der Waals surface area contributed by atoms with Crippen LogP contribution >= 0.6 is 0 Å². The maximum atomic E-state index is 12.1. The first-order chi connectivity index (χ1) is 12.5. The van der Waals surface area contributed by atoms with Gasteiger partial charge in [-0.15, -0.1) is 0 Å². The first-order valence-electron chi connectivity index (χ1n) is 7.89. The van der Waals surface area contributed by atoms with Crippen LogP contribution in [0.15, 0.2) is 48.5 Å². The highest BCUT2D eigenvalue weighted by molar-refractivity contribution is 6.09. The van der Waals surface area contributed by atoms with Crippen LogP contribution in [0.3, 0.4) is 0 Å². The Labute approximate surface area is 150 Å². The number of anilines is 2. The van der Waals surface area contributed by atoms with Gasteiger partial charge in [-0.3, -0.25) is 9.59 Å². The Balaban J connectivity index is 1.97. The summed E-state index contributed by atoms with van der Waals surface area (Å²) in [6.07, 6.45) is -0.419. The van der Waals surface area contributed by atoms with Gasteiger partial charge in [0.25, 0.3) is 0 Å². The molecule has 0 radical (unpaired) electrons. The van der Waals surface area contributed by atoms with Crippen molar-refractivity contribution in [3.63, 3.8) is 0 Å². The van der Waals surface area contributed by atoms with Gasteiger partial charge in [0.2, 0.25) is 11.8 Å². The first kappa shape index (κ1) is 18.7. The average Bonchev–Trinajstić information content (AvgIpc) is 2.62. The number of hydrogen-bond acceptors (Lipinski definition) is 5. The molecule has 0 saturated carbocycles. The summed E-state index contributed by atoms with van der Waals surface area (Å²) in [5, 5.41) is 13.8. The van der Waals surface area contributed by atoms with E-state index < -0.39 is 24.2 Å². The second-order valence-electron chi connectivity index (χ2n) is 5.23. The van der Waals surface area contributed by atoms with E-state index >= 15 is 0 Å². The average molecular weight is 351 g/mol. The van der Waals surface area contributed by atoms with Crippen molar-refractivity contribution in [2.75, 3.05) is 17.2 Å². The molecule has 0 aromatic heterocycles. The number of ether oxygens (including phenoxy) is 1. The molecule has 2 aromatic carbocycles. The molecule has 7 heteroatoms. The molecule has 0 aliphatic heterocycles. The minimum atomic E-state index is -0.562. The molecule has 0 spiro atoms. The number of nitriles is 1. The molecule has 132 valence electrons. The van der Waals surface area contributed by atoms with Crippen molar-refractivity contribution in [3.05, 3.63) is 59.7 Å². The third-order valence-corrected chi connectivity index (χ3v) is 3.32. The van der Waals surface area contributed by atoms with Gasteiger partial charge in [-0.25, -0.2) is 4.79 Å². The van der Waals surface area contributed by atoms with Crippen molar-refractivity contribution < 1.29 is 19.1 Å². The van der Waals surface area contributed by atoms with Crippen molar-refractivity contribution in [2.24, 2.45) is 0 Å². The zero-order chi connectivity index (χ0) is 18.9. The van der Waals surface area contributed by atoms with E-state index in [1.54, 1.807) is 49.4 Å². The SMILES string of the molecule is CCOC(=O)c1ccccc1NC(=O)CC(=O)Nc1ccc(C#N)cc1. The van der Waals surface area contributed by atoms with Crippen LogP contribution in [0.25, 0.3) is 0 Å². The molecule has 0 unspecified atom stereocenters. The minimum Gasteiger partial charge on any atom is -0.462 e. The van der Waals surface area contributed by atoms with E-state index in [2.05, 4.69) is 10.6 Å². The third-order valence-electron chi connectivity index (χ3n) is 3.32. The second-order valence-corrected chi connectivity index (χ2v) is 5.23. The minimum absolute atomic E-state index is 0.216. The molecule has 7 nitrogen and oxygen atoms in total. The maximum absolute atomic E-state index is 12.1. The van der Waals surface area contributed by atoms with Gasteiger partial charge in [0.05, 0.1) is 29.5 Å². The Hall–Kier alpha value is -3.66. The normalized spacial score (nSPS) is 9.69. The number of carbonyl (C=O) groups is 3. The number of nitrogens with one attached hydrogen (secondary N) is 2. The van der Waals surface area contributed by atoms with Crippen LogP contribution in [-0.4, -0.2) is 24.4 Å². The van der Waals surface area contributed by atoms with Gasteiger partial charge < -0.3 is 15.4 Å². The third kappa shape index (κ3) is 5.18. The summed E-state index contributed by atoms with van der Waals surface area (Å²) in [6.45, 7) is 1.90. The summed E-state index contributed by atoms with van der Waals surface area (Å²) in [5.74, 6) is -1.63. The molecule has 0 atom stereocenters. The number of hydrogen-bond donors (Lipinski definition) is 2. The van der Waals surface area contributed by atoms with Gasteiger partial charge in [0.15, 0.2) is 0 Å². The van der Waals surface area contributed by atoms with E-state index in [1.807, 2.05) is 6.07 Å².